The third-order valence-electron chi connectivity index (χ3n) is 1.64. The number of ether oxygens (including phenoxy) is 1. The van der Waals surface area contributed by atoms with E-state index in [0.717, 1.165) is 18.9 Å². The molecule has 1 rings (SSSR count). The molecular formula is C10H15NO. The minimum absolute atomic E-state index is 0.722. The van der Waals surface area contributed by atoms with Gasteiger partial charge in [-0.2, -0.15) is 0 Å². The lowest BCUT2D eigenvalue weighted by atomic mass is 10.2. The second-order valence-electron chi connectivity index (χ2n) is 2.77. The lowest BCUT2D eigenvalue weighted by Gasteiger charge is -2.04. The Hall–Kier alpha value is -1.02. The summed E-state index contributed by atoms with van der Waals surface area (Å²) in [7, 11) is 1.92. The second kappa shape index (κ2) is 4.78. The van der Waals surface area contributed by atoms with Crippen molar-refractivity contribution < 1.29 is 4.74 Å². The average Bonchev–Trinajstić information content (AvgIpc) is 2.09. The summed E-state index contributed by atoms with van der Waals surface area (Å²) in [5.41, 5.74) is 1.26. The van der Waals surface area contributed by atoms with Crippen LogP contribution in [0, 0.1) is 6.92 Å². The van der Waals surface area contributed by atoms with E-state index >= 15 is 0 Å². The van der Waals surface area contributed by atoms with Crippen LogP contribution in [0.5, 0.6) is 5.75 Å². The molecule has 0 atom stereocenters. The van der Waals surface area contributed by atoms with Crippen LogP contribution >= 0.6 is 0 Å². The summed E-state index contributed by atoms with van der Waals surface area (Å²) in [6.45, 7) is 3.67. The van der Waals surface area contributed by atoms with Gasteiger partial charge in [0.25, 0.3) is 0 Å². The zero-order valence-corrected chi connectivity index (χ0v) is 7.63. The van der Waals surface area contributed by atoms with Crippen LogP contribution in [0.15, 0.2) is 24.3 Å². The van der Waals surface area contributed by atoms with Gasteiger partial charge in [-0.3, -0.25) is 0 Å². The van der Waals surface area contributed by atoms with E-state index in [9.17, 15) is 0 Å². The minimum Gasteiger partial charge on any atom is -0.492 e. The van der Waals surface area contributed by atoms with Gasteiger partial charge in [0.05, 0.1) is 0 Å². The number of benzene rings is 1. The predicted octanol–water partition coefficient (Wildman–Crippen LogP) is 1.59. The van der Waals surface area contributed by atoms with E-state index in [-0.39, 0.29) is 0 Å². The predicted molar refractivity (Wildman–Crippen MR) is 50.6 cm³/mol. The Balaban J connectivity index is 2.37. The van der Waals surface area contributed by atoms with Gasteiger partial charge >= 0.3 is 0 Å². The first-order chi connectivity index (χ1) is 5.83. The lowest BCUT2D eigenvalue weighted by Crippen LogP contribution is -2.15. The van der Waals surface area contributed by atoms with Gasteiger partial charge in [0.15, 0.2) is 0 Å². The fourth-order valence-corrected chi connectivity index (χ4v) is 0.905. The fraction of sp³-hybridized carbons (Fsp3) is 0.400. The summed E-state index contributed by atoms with van der Waals surface area (Å²) < 4.78 is 5.44. The second-order valence-corrected chi connectivity index (χ2v) is 2.77. The van der Waals surface area contributed by atoms with Crippen LogP contribution in [0.2, 0.25) is 0 Å². The first-order valence-electron chi connectivity index (χ1n) is 4.17. The van der Waals surface area contributed by atoms with Gasteiger partial charge in [-0.25, -0.2) is 0 Å². The molecule has 0 aliphatic rings. The van der Waals surface area contributed by atoms with E-state index in [4.69, 9.17) is 4.74 Å². The maximum absolute atomic E-state index is 5.44. The molecule has 0 spiro atoms. The van der Waals surface area contributed by atoms with Crippen LogP contribution in [0.3, 0.4) is 0 Å². The summed E-state index contributed by atoms with van der Waals surface area (Å²) in [6.07, 6.45) is 0. The summed E-state index contributed by atoms with van der Waals surface area (Å²) in [6, 6.07) is 8.08. The van der Waals surface area contributed by atoms with Crippen molar-refractivity contribution in [2.45, 2.75) is 6.92 Å². The van der Waals surface area contributed by atoms with Crippen LogP contribution in [0.25, 0.3) is 0 Å². The Morgan fingerprint density at radius 3 is 2.50 bits per heavy atom. The van der Waals surface area contributed by atoms with Crippen LogP contribution in [-0.2, 0) is 0 Å². The van der Waals surface area contributed by atoms with E-state index in [1.165, 1.54) is 5.56 Å². The third kappa shape index (κ3) is 2.93. The first kappa shape index (κ1) is 9.07. The van der Waals surface area contributed by atoms with Gasteiger partial charge in [0.2, 0.25) is 0 Å². The Labute approximate surface area is 73.6 Å². The molecule has 0 saturated carbocycles. The molecule has 0 unspecified atom stereocenters. The number of hydrogen-bond donors (Lipinski definition) is 1. The van der Waals surface area contributed by atoms with Crippen LogP contribution in [-0.4, -0.2) is 20.2 Å². The van der Waals surface area contributed by atoms with Gasteiger partial charge in [-0.1, -0.05) is 17.7 Å². The van der Waals surface area contributed by atoms with E-state index in [1.54, 1.807) is 0 Å². The van der Waals surface area contributed by atoms with Crippen LogP contribution < -0.4 is 10.1 Å². The number of rotatable bonds is 4. The van der Waals surface area contributed by atoms with Crippen LogP contribution in [0.4, 0.5) is 0 Å². The largest absolute Gasteiger partial charge is 0.492 e. The van der Waals surface area contributed by atoms with Gasteiger partial charge in [-0.15, -0.1) is 0 Å². The molecule has 1 N–H and O–H groups in total. The maximum Gasteiger partial charge on any atom is 0.119 e. The van der Waals surface area contributed by atoms with E-state index in [2.05, 4.69) is 24.4 Å². The van der Waals surface area contributed by atoms with Crippen LogP contribution in [0.1, 0.15) is 5.56 Å². The van der Waals surface area contributed by atoms with Crippen molar-refractivity contribution in [3.8, 4) is 5.75 Å². The number of aryl methyl sites for hydroxylation is 1. The zero-order chi connectivity index (χ0) is 8.81. The first-order valence-corrected chi connectivity index (χ1v) is 4.17. The summed E-state index contributed by atoms with van der Waals surface area (Å²) in [4.78, 5) is 0. The minimum atomic E-state index is 0.722. The lowest BCUT2D eigenvalue weighted by molar-refractivity contribution is 0.318. The standard InChI is InChI=1S/C10H15NO/c1-9-3-5-10(6-4-9)12-8-7-11-2/h3-6,11H,7-8H2,1-2H3. The normalized spacial score (nSPS) is 9.83. The molecule has 0 heterocycles. The molecule has 0 fully saturated rings. The molecule has 1 aromatic rings. The fourth-order valence-electron chi connectivity index (χ4n) is 0.905. The highest BCUT2D eigenvalue weighted by Gasteiger charge is 1.90. The van der Waals surface area contributed by atoms with Crippen molar-refractivity contribution in [2.75, 3.05) is 20.2 Å². The van der Waals surface area contributed by atoms with Crippen molar-refractivity contribution in [3.63, 3.8) is 0 Å². The van der Waals surface area contributed by atoms with Gasteiger partial charge < -0.3 is 10.1 Å². The third-order valence-corrected chi connectivity index (χ3v) is 1.64. The maximum atomic E-state index is 5.44. The molecule has 2 heteroatoms. The molecular weight excluding hydrogens is 150 g/mol. The highest BCUT2D eigenvalue weighted by atomic mass is 16.5. The molecule has 0 aliphatic heterocycles. The molecule has 2 nitrogen and oxygen atoms in total. The molecule has 66 valence electrons. The van der Waals surface area contributed by atoms with Crippen molar-refractivity contribution >= 4 is 0 Å². The Bertz CT molecular complexity index is 218. The van der Waals surface area contributed by atoms with E-state index in [1.807, 2.05) is 19.2 Å². The quantitative estimate of drug-likeness (QED) is 0.684. The molecule has 0 saturated heterocycles. The molecule has 1 aromatic carbocycles. The van der Waals surface area contributed by atoms with Crippen molar-refractivity contribution in [2.24, 2.45) is 0 Å². The van der Waals surface area contributed by atoms with Gasteiger partial charge in [0.1, 0.15) is 12.4 Å². The molecule has 0 radical (unpaired) electrons. The molecule has 0 aliphatic carbocycles. The zero-order valence-electron chi connectivity index (χ0n) is 7.63. The monoisotopic (exact) mass is 165 g/mol. The highest BCUT2D eigenvalue weighted by Crippen LogP contribution is 2.10. The number of nitrogens with one attached hydrogen (secondary N) is 1. The molecule has 0 aromatic heterocycles. The van der Waals surface area contributed by atoms with E-state index in [0.29, 0.717) is 0 Å². The summed E-state index contributed by atoms with van der Waals surface area (Å²) in [5, 5.41) is 3.02. The number of likely N-dealkylation sites (N-methyl/N-ethyl adjacent to an activating group) is 1. The Kier molecular flexibility index (Phi) is 3.61. The van der Waals surface area contributed by atoms with Gasteiger partial charge in [-0.05, 0) is 26.1 Å². The number of hydrogen-bond acceptors (Lipinski definition) is 2. The Morgan fingerprint density at radius 2 is 1.92 bits per heavy atom. The Morgan fingerprint density at radius 1 is 1.25 bits per heavy atom. The van der Waals surface area contributed by atoms with Crippen molar-refractivity contribution in [3.05, 3.63) is 29.8 Å². The van der Waals surface area contributed by atoms with Crippen molar-refractivity contribution in [1.82, 2.24) is 5.32 Å². The summed E-state index contributed by atoms with van der Waals surface area (Å²) in [5.74, 6) is 0.941. The topological polar surface area (TPSA) is 21.3 Å². The highest BCUT2D eigenvalue weighted by molar-refractivity contribution is 5.26. The SMILES string of the molecule is CNCCOc1ccc(C)cc1. The van der Waals surface area contributed by atoms with E-state index < -0.39 is 0 Å². The summed E-state index contributed by atoms with van der Waals surface area (Å²) >= 11 is 0. The average molecular weight is 165 g/mol. The smallest absolute Gasteiger partial charge is 0.119 e. The van der Waals surface area contributed by atoms with Crippen molar-refractivity contribution in [1.29, 1.82) is 0 Å². The van der Waals surface area contributed by atoms with Gasteiger partial charge in [0, 0.05) is 6.54 Å². The molecule has 12 heavy (non-hydrogen) atoms. The molecule has 0 amide bonds. The molecule has 0 bridgehead atoms.